The summed E-state index contributed by atoms with van der Waals surface area (Å²) in [6.45, 7) is 6.05. The molecule has 264 valence electrons. The van der Waals surface area contributed by atoms with Crippen LogP contribution in [-0.2, 0) is 25.6 Å². The molecule has 0 saturated heterocycles. The van der Waals surface area contributed by atoms with Gasteiger partial charge in [0, 0.05) is 24.7 Å². The largest absolute Gasteiger partial charge is 0.481 e. The number of fused-ring (bicyclic) bond motifs is 1. The Kier molecular flexibility index (Phi) is 11.2. The van der Waals surface area contributed by atoms with Crippen molar-refractivity contribution in [1.82, 2.24) is 4.90 Å². The highest BCUT2D eigenvalue weighted by Crippen LogP contribution is 2.31. The molecule has 0 saturated carbocycles. The Morgan fingerprint density at radius 2 is 1.60 bits per heavy atom. The van der Waals surface area contributed by atoms with Gasteiger partial charge < -0.3 is 25.3 Å². The molecule has 7 N–H and O–H groups in total. The number of carboxylic acids is 2. The number of hydrazine groups is 2. The van der Waals surface area contributed by atoms with Crippen molar-refractivity contribution in [2.24, 2.45) is 11.7 Å². The van der Waals surface area contributed by atoms with Gasteiger partial charge >= 0.3 is 18.0 Å². The van der Waals surface area contributed by atoms with Crippen molar-refractivity contribution in [2.45, 2.75) is 58.5 Å². The molecule has 50 heavy (non-hydrogen) atoms. The Morgan fingerprint density at radius 3 is 2.22 bits per heavy atom. The molecular weight excluding hydrogens is 646 g/mol. The highest BCUT2D eigenvalue weighted by atomic mass is 16.4. The van der Waals surface area contributed by atoms with Crippen molar-refractivity contribution >= 4 is 58.3 Å². The third kappa shape index (κ3) is 8.43. The zero-order valence-corrected chi connectivity index (χ0v) is 28.3. The number of Topliss-reactive ketones (excluding diaryl/α,β-unsaturated/α-hetero) is 1. The van der Waals surface area contributed by atoms with Gasteiger partial charge in [-0.1, -0.05) is 30.3 Å². The van der Waals surface area contributed by atoms with Gasteiger partial charge in [0.2, 0.25) is 5.91 Å². The summed E-state index contributed by atoms with van der Waals surface area (Å²) in [4.78, 5) is 78.5. The summed E-state index contributed by atoms with van der Waals surface area (Å²) in [7, 11) is 0. The number of rotatable bonds is 13. The van der Waals surface area contributed by atoms with Crippen molar-refractivity contribution in [3.8, 4) is 0 Å². The molecule has 0 aliphatic carbocycles. The number of ketones is 1. The van der Waals surface area contributed by atoms with Crippen molar-refractivity contribution in [3.63, 3.8) is 0 Å². The van der Waals surface area contributed by atoms with Crippen molar-refractivity contribution < 1.29 is 39.0 Å². The van der Waals surface area contributed by atoms with Crippen LogP contribution >= 0.6 is 0 Å². The SMILES string of the molecule is Cc1ccccc1N(N)C(=O)N(N)c1ccc(CC(=O)C(C)(C)Nc2ccc3c(c2)C(=O)N(C(C)CC(=O)O)CC(=O)N3CCC(=O)O)cc1. The van der Waals surface area contributed by atoms with Crippen LogP contribution in [0.1, 0.15) is 55.1 Å². The van der Waals surface area contributed by atoms with E-state index < -0.39 is 54.3 Å². The summed E-state index contributed by atoms with van der Waals surface area (Å²) in [6, 6.07) is 16.7. The van der Waals surface area contributed by atoms with Gasteiger partial charge in [0.15, 0.2) is 5.78 Å². The van der Waals surface area contributed by atoms with Crippen LogP contribution in [0.3, 0.4) is 0 Å². The number of hydrogen-bond donors (Lipinski definition) is 5. The van der Waals surface area contributed by atoms with Crippen molar-refractivity contribution in [1.29, 1.82) is 0 Å². The average Bonchev–Trinajstić information content (AvgIpc) is 3.16. The molecule has 0 bridgehead atoms. The lowest BCUT2D eigenvalue weighted by Crippen LogP contribution is -2.51. The fourth-order valence-corrected chi connectivity index (χ4v) is 5.56. The third-order valence-electron chi connectivity index (χ3n) is 8.46. The minimum Gasteiger partial charge on any atom is -0.481 e. The van der Waals surface area contributed by atoms with E-state index in [0.29, 0.717) is 22.6 Å². The number of nitrogens with zero attached hydrogens (tertiary/aromatic N) is 4. The van der Waals surface area contributed by atoms with Crippen LogP contribution in [0.2, 0.25) is 0 Å². The van der Waals surface area contributed by atoms with Gasteiger partial charge in [0.25, 0.3) is 5.91 Å². The number of urea groups is 1. The van der Waals surface area contributed by atoms with Gasteiger partial charge in [-0.2, -0.15) is 0 Å². The van der Waals surface area contributed by atoms with E-state index in [2.05, 4.69) is 5.32 Å². The first-order valence-electron chi connectivity index (χ1n) is 15.8. The standard InChI is InChI=1S/C35H41N7O8/c1-21-7-5-6-8-27(21)42(37)34(50)41(36)25-12-9-23(10-13-25)18-29(43)35(3,4)38-24-11-14-28-26(19-24)33(49)40(22(2)17-32(47)48)20-30(44)39(28)16-15-31(45)46/h5-14,19,22,38H,15-18,20,36-37H2,1-4H3,(H,45,46)(H,47,48). The van der Waals surface area contributed by atoms with E-state index in [0.717, 1.165) is 20.5 Å². The molecule has 1 aliphatic heterocycles. The van der Waals surface area contributed by atoms with E-state index in [-0.39, 0.29) is 36.4 Å². The molecule has 3 aromatic rings. The summed E-state index contributed by atoms with van der Waals surface area (Å²) >= 11 is 0. The van der Waals surface area contributed by atoms with E-state index in [1.165, 1.54) is 24.0 Å². The number of nitrogens with two attached hydrogens (primary N) is 2. The molecular formula is C35H41N7O8. The van der Waals surface area contributed by atoms with Gasteiger partial charge in [-0.3, -0.25) is 24.0 Å². The minimum atomic E-state index is -1.15. The molecule has 1 aliphatic rings. The number of nitrogens with one attached hydrogen (secondary N) is 1. The molecule has 0 aromatic heterocycles. The zero-order chi connectivity index (χ0) is 36.9. The van der Waals surface area contributed by atoms with Gasteiger partial charge in [0.1, 0.15) is 6.54 Å². The molecule has 15 heteroatoms. The first kappa shape index (κ1) is 37.0. The number of aryl methyl sites for hydroxylation is 1. The second-order valence-corrected chi connectivity index (χ2v) is 12.6. The zero-order valence-electron chi connectivity index (χ0n) is 28.3. The van der Waals surface area contributed by atoms with Gasteiger partial charge in [-0.05, 0) is 75.2 Å². The number of aliphatic carboxylic acids is 2. The lowest BCUT2D eigenvalue weighted by Gasteiger charge is -2.28. The molecule has 4 amide bonds. The van der Waals surface area contributed by atoms with Crippen LogP contribution in [0.4, 0.5) is 27.5 Å². The number of hydrogen-bond acceptors (Lipinski definition) is 9. The van der Waals surface area contributed by atoms with E-state index in [9.17, 15) is 39.0 Å². The molecule has 0 spiro atoms. The Balaban J connectivity index is 1.51. The molecule has 0 radical (unpaired) electrons. The van der Waals surface area contributed by atoms with Crippen molar-refractivity contribution in [3.05, 3.63) is 83.4 Å². The van der Waals surface area contributed by atoms with E-state index in [1.54, 1.807) is 56.3 Å². The fraction of sp³-hybridized carbons (Fsp3) is 0.314. The van der Waals surface area contributed by atoms with Crippen LogP contribution in [0.25, 0.3) is 0 Å². The lowest BCUT2D eigenvalue weighted by atomic mass is 9.93. The number of amides is 4. The van der Waals surface area contributed by atoms with Crippen LogP contribution in [0.5, 0.6) is 0 Å². The van der Waals surface area contributed by atoms with E-state index in [1.807, 2.05) is 19.1 Å². The predicted octanol–water partition coefficient (Wildman–Crippen LogP) is 3.30. The molecule has 1 atom stereocenters. The number of para-hydroxylation sites is 1. The van der Waals surface area contributed by atoms with E-state index in [4.69, 9.17) is 11.7 Å². The maximum Gasteiger partial charge on any atom is 0.357 e. The second kappa shape index (κ2) is 15.2. The predicted molar refractivity (Wildman–Crippen MR) is 187 cm³/mol. The molecule has 15 nitrogen and oxygen atoms in total. The Morgan fingerprint density at radius 1 is 0.940 bits per heavy atom. The summed E-state index contributed by atoms with van der Waals surface area (Å²) in [5.74, 6) is 8.48. The van der Waals surface area contributed by atoms with Gasteiger partial charge in [0.05, 0.1) is 41.0 Å². The number of carbonyl (C=O) groups excluding carboxylic acids is 4. The highest BCUT2D eigenvalue weighted by Gasteiger charge is 2.36. The Labute approximate surface area is 289 Å². The smallest absolute Gasteiger partial charge is 0.357 e. The Bertz CT molecular complexity index is 1810. The molecule has 3 aromatic carbocycles. The minimum absolute atomic E-state index is 0.00679. The van der Waals surface area contributed by atoms with Crippen molar-refractivity contribution in [2.75, 3.05) is 33.3 Å². The second-order valence-electron chi connectivity index (χ2n) is 12.6. The summed E-state index contributed by atoms with van der Waals surface area (Å²) < 4.78 is 0. The van der Waals surface area contributed by atoms with Gasteiger partial charge in [-0.15, -0.1) is 0 Å². The first-order chi connectivity index (χ1) is 23.5. The van der Waals surface area contributed by atoms with Crippen LogP contribution in [0, 0.1) is 6.92 Å². The monoisotopic (exact) mass is 687 g/mol. The number of carboxylic acid groups (broad SMARTS) is 2. The number of carbonyl (C=O) groups is 6. The van der Waals surface area contributed by atoms with E-state index >= 15 is 0 Å². The van der Waals surface area contributed by atoms with Gasteiger partial charge in [-0.25, -0.2) is 26.5 Å². The normalized spacial score (nSPS) is 13.6. The molecule has 1 heterocycles. The number of benzene rings is 3. The Hall–Kier alpha value is -5.80. The first-order valence-corrected chi connectivity index (χ1v) is 15.8. The molecule has 1 unspecified atom stereocenters. The third-order valence-corrected chi connectivity index (χ3v) is 8.46. The maximum atomic E-state index is 13.7. The summed E-state index contributed by atoms with van der Waals surface area (Å²) in [6.07, 6.45) is -0.764. The van der Waals surface area contributed by atoms with Crippen LogP contribution < -0.4 is 31.9 Å². The topological polar surface area (TPSA) is 220 Å². The average molecular weight is 688 g/mol. The fourth-order valence-electron chi connectivity index (χ4n) is 5.56. The van der Waals surface area contributed by atoms with Crippen LogP contribution in [0.15, 0.2) is 66.7 Å². The summed E-state index contributed by atoms with van der Waals surface area (Å²) in [5, 5.41) is 23.6. The molecule has 4 rings (SSSR count). The molecule has 0 fully saturated rings. The summed E-state index contributed by atoms with van der Waals surface area (Å²) in [5.41, 5.74) is 1.75. The van der Waals surface area contributed by atoms with Crippen LogP contribution in [-0.4, -0.2) is 75.4 Å². The highest BCUT2D eigenvalue weighted by molar-refractivity contribution is 6.10. The quantitative estimate of drug-likeness (QED) is 0.0997. The number of anilines is 4. The lowest BCUT2D eigenvalue weighted by molar-refractivity contribution is -0.139. The maximum absolute atomic E-state index is 13.7.